The van der Waals surface area contributed by atoms with E-state index in [0.29, 0.717) is 0 Å². The molecule has 15 nitrogen and oxygen atoms in total. The van der Waals surface area contributed by atoms with Gasteiger partial charge in [-0.25, -0.2) is 9.78 Å². The van der Waals surface area contributed by atoms with Gasteiger partial charge < -0.3 is 40.7 Å². The minimum atomic E-state index is -1.36. The highest BCUT2D eigenvalue weighted by Gasteiger charge is 2.57. The number of β-lactam (4-membered cyclic amide) rings is 1. The number of oxime groups is 1. The number of hydrogen-bond donors (Lipinski definition) is 4. The molecule has 0 spiro atoms. The molecule has 17 heteroatoms. The predicted octanol–water partition coefficient (Wildman–Crippen LogP) is 0.292. The highest BCUT2D eigenvalue weighted by atomic mass is 32.2. The third-order valence-corrected chi connectivity index (χ3v) is 8.05. The standard InChI is InChI=1S/C23H30N6O9S2/c1-22(2,3)18(32)37-11-38-19(33)23(6-5-7-36-21(34)25-4)9-29-16(31)14(17(29)40-10-23)27-15(30)13(28-35)12-8-39-20(24)26-12/h5-6,8,14,17,35H,7,9-11H2,1-4H3,(H2,24,26)(H,25,34)(H,27,30)/t14?,17-,23?/m1/s1. The maximum atomic E-state index is 13.2. The summed E-state index contributed by atoms with van der Waals surface area (Å²) in [7, 11) is 1.40. The Balaban J connectivity index is 1.69. The molecule has 0 bridgehead atoms. The maximum Gasteiger partial charge on any atom is 0.407 e. The number of carbonyl (C=O) groups excluding carboxylic acids is 5. The van der Waals surface area contributed by atoms with E-state index >= 15 is 0 Å². The number of nitrogens with zero attached hydrogens (tertiary/aromatic N) is 3. The van der Waals surface area contributed by atoms with Gasteiger partial charge in [0.2, 0.25) is 12.7 Å². The summed E-state index contributed by atoms with van der Waals surface area (Å²) >= 11 is 2.26. The number of nitrogens with one attached hydrogen (secondary N) is 2. The molecule has 0 saturated carbocycles. The number of ether oxygens (including phenoxy) is 3. The normalized spacial score (nSPS) is 22.6. The second-order valence-electron chi connectivity index (χ2n) is 9.78. The van der Waals surface area contributed by atoms with Crippen LogP contribution in [0.15, 0.2) is 22.7 Å². The van der Waals surface area contributed by atoms with E-state index in [1.165, 1.54) is 41.2 Å². The molecule has 5 N–H and O–H groups in total. The van der Waals surface area contributed by atoms with Gasteiger partial charge in [-0.3, -0.25) is 19.2 Å². The quantitative estimate of drug-likeness (QED) is 0.0575. The molecule has 3 atom stereocenters. The Morgan fingerprint density at radius 2 is 2.02 bits per heavy atom. The summed E-state index contributed by atoms with van der Waals surface area (Å²) in [5, 5.41) is 18.2. The smallest absolute Gasteiger partial charge is 0.407 e. The lowest BCUT2D eigenvalue weighted by atomic mass is 9.86. The topological polar surface area (TPSA) is 212 Å². The molecule has 1 aromatic rings. The lowest BCUT2D eigenvalue weighted by Crippen LogP contribution is -2.74. The van der Waals surface area contributed by atoms with Crippen molar-refractivity contribution < 1.29 is 43.4 Å². The highest BCUT2D eigenvalue weighted by Crippen LogP contribution is 2.43. The minimum absolute atomic E-state index is 0.0560. The van der Waals surface area contributed by atoms with Gasteiger partial charge in [0.15, 0.2) is 10.8 Å². The molecule has 2 saturated heterocycles. The summed E-state index contributed by atoms with van der Waals surface area (Å²) in [4.78, 5) is 67.6. The van der Waals surface area contributed by atoms with Gasteiger partial charge in [-0.2, -0.15) is 0 Å². The van der Waals surface area contributed by atoms with Gasteiger partial charge in [0.25, 0.3) is 5.91 Å². The number of nitrogens with two attached hydrogens (primary N) is 1. The summed E-state index contributed by atoms with van der Waals surface area (Å²) < 4.78 is 15.2. The van der Waals surface area contributed by atoms with E-state index < -0.39 is 64.6 Å². The zero-order valence-corrected chi connectivity index (χ0v) is 23.8. The van der Waals surface area contributed by atoms with Crippen LogP contribution in [0.4, 0.5) is 9.93 Å². The number of thioether (sulfide) groups is 1. The molecule has 3 rings (SSSR count). The van der Waals surface area contributed by atoms with Gasteiger partial charge in [0, 0.05) is 24.7 Å². The number of anilines is 1. The Hall–Kier alpha value is -3.86. The van der Waals surface area contributed by atoms with E-state index in [4.69, 9.17) is 19.9 Å². The summed E-state index contributed by atoms with van der Waals surface area (Å²) in [6.45, 7) is 4.07. The van der Waals surface area contributed by atoms with Crippen molar-refractivity contribution in [2.75, 3.05) is 38.5 Å². The van der Waals surface area contributed by atoms with Crippen molar-refractivity contribution in [3.63, 3.8) is 0 Å². The van der Waals surface area contributed by atoms with Gasteiger partial charge in [0.05, 0.1) is 5.41 Å². The first-order valence-corrected chi connectivity index (χ1v) is 13.8. The molecular weight excluding hydrogens is 568 g/mol. The average molecular weight is 599 g/mol. The van der Waals surface area contributed by atoms with Crippen LogP contribution in [-0.4, -0.2) is 94.8 Å². The van der Waals surface area contributed by atoms with Crippen LogP contribution in [0.3, 0.4) is 0 Å². The molecule has 2 aliphatic rings. The number of thiazole rings is 1. The fraction of sp³-hybridized carbons (Fsp3) is 0.522. The number of hydrogen-bond acceptors (Lipinski definition) is 14. The molecular formula is C23H30N6O9S2. The highest BCUT2D eigenvalue weighted by molar-refractivity contribution is 8.00. The second-order valence-corrected chi connectivity index (χ2v) is 11.8. The van der Waals surface area contributed by atoms with Gasteiger partial charge in [0.1, 0.15) is 29.1 Å². The summed E-state index contributed by atoms with van der Waals surface area (Å²) in [5.41, 5.74) is 3.07. The molecule has 218 valence electrons. The SMILES string of the molecule is CNC(=O)OCC=CC1(C(=O)OCOC(=O)C(C)(C)C)CS[C@@H]2C(NC(=O)C(=NO)c3csc(N)n3)C(=O)N2C1. The van der Waals surface area contributed by atoms with Crippen LogP contribution in [0.1, 0.15) is 26.5 Å². The van der Waals surface area contributed by atoms with Gasteiger partial charge >= 0.3 is 18.0 Å². The number of amides is 3. The zero-order valence-electron chi connectivity index (χ0n) is 22.2. The maximum absolute atomic E-state index is 13.2. The van der Waals surface area contributed by atoms with Crippen molar-refractivity contribution >= 4 is 63.8 Å². The Bertz CT molecular complexity index is 1230. The first kappa shape index (κ1) is 30.7. The molecule has 2 fully saturated rings. The van der Waals surface area contributed by atoms with Gasteiger partial charge in [-0.1, -0.05) is 11.2 Å². The van der Waals surface area contributed by atoms with Crippen LogP contribution < -0.4 is 16.4 Å². The monoisotopic (exact) mass is 598 g/mol. The van der Waals surface area contributed by atoms with Crippen molar-refractivity contribution in [1.82, 2.24) is 20.5 Å². The number of alkyl carbamates (subject to hydrolysis) is 1. The summed E-state index contributed by atoms with van der Waals surface area (Å²) in [6.07, 6.45) is 2.26. The number of esters is 2. The van der Waals surface area contributed by atoms with E-state index in [0.717, 1.165) is 11.3 Å². The number of fused-ring (bicyclic) bond motifs is 1. The first-order chi connectivity index (χ1) is 18.8. The second kappa shape index (κ2) is 12.5. The molecule has 1 aromatic heterocycles. The minimum Gasteiger partial charge on any atom is -0.445 e. The van der Waals surface area contributed by atoms with Crippen molar-refractivity contribution in [2.24, 2.45) is 16.0 Å². The number of aromatic nitrogens is 1. The van der Waals surface area contributed by atoms with E-state index in [9.17, 15) is 29.2 Å². The number of nitrogen functional groups attached to an aromatic ring is 1. The van der Waals surface area contributed by atoms with Gasteiger partial charge in [-0.15, -0.1) is 23.1 Å². The third-order valence-electron chi connectivity index (χ3n) is 5.82. The van der Waals surface area contributed by atoms with Crippen LogP contribution in [0.2, 0.25) is 0 Å². The van der Waals surface area contributed by atoms with E-state index in [2.05, 4.69) is 20.8 Å². The lowest BCUT2D eigenvalue weighted by Gasteiger charge is -2.53. The Labute approximate surface area is 237 Å². The van der Waals surface area contributed by atoms with E-state index in [1.54, 1.807) is 20.8 Å². The first-order valence-electron chi connectivity index (χ1n) is 11.9. The molecule has 0 aliphatic carbocycles. The van der Waals surface area contributed by atoms with Crippen molar-refractivity contribution in [3.8, 4) is 0 Å². The number of rotatable bonds is 9. The van der Waals surface area contributed by atoms with Crippen LogP contribution in [0.25, 0.3) is 0 Å². The largest absolute Gasteiger partial charge is 0.445 e. The molecule has 2 aliphatic heterocycles. The Kier molecular flexibility index (Phi) is 9.62. The van der Waals surface area contributed by atoms with Crippen LogP contribution in [0.5, 0.6) is 0 Å². The fourth-order valence-electron chi connectivity index (χ4n) is 3.67. The lowest BCUT2D eigenvalue weighted by molar-refractivity contribution is -0.178. The molecule has 0 aromatic carbocycles. The van der Waals surface area contributed by atoms with Crippen molar-refractivity contribution in [3.05, 3.63) is 23.2 Å². The average Bonchev–Trinajstić information content (AvgIpc) is 3.34. The van der Waals surface area contributed by atoms with Crippen molar-refractivity contribution in [2.45, 2.75) is 32.2 Å². The van der Waals surface area contributed by atoms with Gasteiger partial charge in [-0.05, 0) is 26.8 Å². The predicted molar refractivity (Wildman–Crippen MR) is 143 cm³/mol. The molecule has 3 amide bonds. The Morgan fingerprint density at radius 1 is 1.30 bits per heavy atom. The van der Waals surface area contributed by atoms with Crippen LogP contribution in [0, 0.1) is 10.8 Å². The zero-order chi connectivity index (χ0) is 29.7. The van der Waals surface area contributed by atoms with Crippen molar-refractivity contribution in [1.29, 1.82) is 0 Å². The van der Waals surface area contributed by atoms with Crippen LogP contribution in [-0.2, 0) is 33.4 Å². The Morgan fingerprint density at radius 3 is 2.62 bits per heavy atom. The molecule has 3 heterocycles. The summed E-state index contributed by atoms with van der Waals surface area (Å²) in [6, 6.07) is -0.951. The molecule has 2 unspecified atom stereocenters. The summed E-state index contributed by atoms with van der Waals surface area (Å²) in [5.74, 6) is -2.50. The van der Waals surface area contributed by atoms with E-state index in [-0.39, 0.29) is 29.7 Å². The fourth-order valence-corrected chi connectivity index (χ4v) is 5.73. The number of carbonyl (C=O) groups is 5. The third kappa shape index (κ3) is 6.82. The molecule has 0 radical (unpaired) electrons. The molecule has 40 heavy (non-hydrogen) atoms. The van der Waals surface area contributed by atoms with E-state index in [1.807, 2.05) is 0 Å². The van der Waals surface area contributed by atoms with Crippen LogP contribution >= 0.6 is 23.1 Å².